The van der Waals surface area contributed by atoms with Crippen molar-refractivity contribution >= 4 is 0 Å². The standard InChI is InChI=1S/C12H14F2O2/c13-9-3-4-10(11(14)6-9)12-8(7-15)2-1-5-16-12/h3-4,6,8,12,15H,1-2,5,7H2. The van der Waals surface area contributed by atoms with Crippen LogP contribution < -0.4 is 0 Å². The van der Waals surface area contributed by atoms with Gasteiger partial charge in [0.05, 0.1) is 6.10 Å². The summed E-state index contributed by atoms with van der Waals surface area (Å²) < 4.78 is 31.8. The summed E-state index contributed by atoms with van der Waals surface area (Å²) >= 11 is 0. The zero-order chi connectivity index (χ0) is 11.5. The van der Waals surface area contributed by atoms with Gasteiger partial charge in [-0.15, -0.1) is 0 Å². The van der Waals surface area contributed by atoms with E-state index >= 15 is 0 Å². The molecule has 0 spiro atoms. The first-order valence-corrected chi connectivity index (χ1v) is 5.40. The monoisotopic (exact) mass is 228 g/mol. The molecule has 2 atom stereocenters. The minimum Gasteiger partial charge on any atom is -0.396 e. The van der Waals surface area contributed by atoms with Crippen molar-refractivity contribution in [1.82, 2.24) is 0 Å². The summed E-state index contributed by atoms with van der Waals surface area (Å²) in [5, 5.41) is 9.19. The number of aliphatic hydroxyl groups excluding tert-OH is 1. The molecule has 0 bridgehead atoms. The molecule has 0 saturated carbocycles. The number of aliphatic hydroxyl groups is 1. The summed E-state index contributed by atoms with van der Waals surface area (Å²) in [7, 11) is 0. The zero-order valence-electron chi connectivity index (χ0n) is 8.83. The van der Waals surface area contributed by atoms with E-state index in [9.17, 15) is 13.9 Å². The Labute approximate surface area is 92.9 Å². The van der Waals surface area contributed by atoms with E-state index in [4.69, 9.17) is 4.74 Å². The average Bonchev–Trinajstić information content (AvgIpc) is 2.29. The van der Waals surface area contributed by atoms with Crippen molar-refractivity contribution in [2.45, 2.75) is 18.9 Å². The first-order valence-electron chi connectivity index (χ1n) is 5.40. The molecule has 2 unspecified atom stereocenters. The van der Waals surface area contributed by atoms with Crippen molar-refractivity contribution in [3.05, 3.63) is 35.4 Å². The van der Waals surface area contributed by atoms with Crippen LogP contribution in [0.3, 0.4) is 0 Å². The normalized spacial score (nSPS) is 25.7. The van der Waals surface area contributed by atoms with Gasteiger partial charge in [0.15, 0.2) is 0 Å². The Bertz CT molecular complexity index is 368. The van der Waals surface area contributed by atoms with Crippen LogP contribution in [0.1, 0.15) is 24.5 Å². The molecule has 0 amide bonds. The Hall–Kier alpha value is -1.00. The molecule has 16 heavy (non-hydrogen) atoms. The van der Waals surface area contributed by atoms with E-state index in [0.717, 1.165) is 18.9 Å². The van der Waals surface area contributed by atoms with Crippen LogP contribution in [-0.2, 0) is 4.74 Å². The van der Waals surface area contributed by atoms with Crippen LogP contribution in [0.5, 0.6) is 0 Å². The minimum absolute atomic E-state index is 0.0402. The van der Waals surface area contributed by atoms with Gasteiger partial charge in [0.1, 0.15) is 11.6 Å². The third-order valence-corrected chi connectivity index (χ3v) is 2.95. The van der Waals surface area contributed by atoms with Gasteiger partial charge >= 0.3 is 0 Å². The van der Waals surface area contributed by atoms with Gasteiger partial charge in [0.25, 0.3) is 0 Å². The SMILES string of the molecule is OCC1CCCOC1c1ccc(F)cc1F. The molecule has 88 valence electrons. The average molecular weight is 228 g/mol. The van der Waals surface area contributed by atoms with Crippen LogP contribution >= 0.6 is 0 Å². The number of ether oxygens (including phenoxy) is 1. The zero-order valence-corrected chi connectivity index (χ0v) is 8.83. The number of halogens is 2. The lowest BCUT2D eigenvalue weighted by Crippen LogP contribution is -2.26. The van der Waals surface area contributed by atoms with Gasteiger partial charge in [0, 0.05) is 30.8 Å². The van der Waals surface area contributed by atoms with Crippen molar-refractivity contribution in [2.24, 2.45) is 5.92 Å². The highest BCUT2D eigenvalue weighted by atomic mass is 19.1. The summed E-state index contributed by atoms with van der Waals surface area (Å²) in [6.45, 7) is 0.513. The fourth-order valence-corrected chi connectivity index (χ4v) is 2.11. The van der Waals surface area contributed by atoms with Crippen molar-refractivity contribution < 1.29 is 18.6 Å². The highest BCUT2D eigenvalue weighted by Gasteiger charge is 2.28. The summed E-state index contributed by atoms with van der Waals surface area (Å²) in [6, 6.07) is 3.45. The number of rotatable bonds is 2. The third kappa shape index (κ3) is 2.23. The van der Waals surface area contributed by atoms with Crippen LogP contribution in [0.4, 0.5) is 8.78 Å². The lowest BCUT2D eigenvalue weighted by Gasteiger charge is -2.30. The van der Waals surface area contributed by atoms with Crippen molar-refractivity contribution in [3.8, 4) is 0 Å². The van der Waals surface area contributed by atoms with Gasteiger partial charge in [-0.05, 0) is 18.9 Å². The molecular weight excluding hydrogens is 214 g/mol. The molecule has 0 radical (unpaired) electrons. The van der Waals surface area contributed by atoms with E-state index in [1.165, 1.54) is 12.1 Å². The van der Waals surface area contributed by atoms with E-state index < -0.39 is 17.7 Å². The van der Waals surface area contributed by atoms with Gasteiger partial charge in [-0.2, -0.15) is 0 Å². The molecule has 1 aromatic carbocycles. The second kappa shape index (κ2) is 4.89. The van der Waals surface area contributed by atoms with Crippen LogP contribution in [0.2, 0.25) is 0 Å². The topological polar surface area (TPSA) is 29.5 Å². The first-order chi connectivity index (χ1) is 7.72. The largest absolute Gasteiger partial charge is 0.396 e. The smallest absolute Gasteiger partial charge is 0.131 e. The lowest BCUT2D eigenvalue weighted by molar-refractivity contribution is -0.0474. The Morgan fingerprint density at radius 2 is 2.19 bits per heavy atom. The first kappa shape index (κ1) is 11.5. The molecule has 1 aliphatic rings. The molecule has 2 nitrogen and oxygen atoms in total. The van der Waals surface area contributed by atoms with Gasteiger partial charge in [-0.25, -0.2) is 8.78 Å². The van der Waals surface area contributed by atoms with Gasteiger partial charge in [-0.1, -0.05) is 6.07 Å². The molecule has 1 aliphatic heterocycles. The molecular formula is C12H14F2O2. The highest BCUT2D eigenvalue weighted by Crippen LogP contribution is 2.34. The predicted octanol–water partition coefficient (Wildman–Crippen LogP) is 2.42. The van der Waals surface area contributed by atoms with E-state index in [1.54, 1.807) is 0 Å². The van der Waals surface area contributed by atoms with Crippen LogP contribution in [0.15, 0.2) is 18.2 Å². The van der Waals surface area contributed by atoms with E-state index in [-0.39, 0.29) is 12.5 Å². The number of benzene rings is 1. The van der Waals surface area contributed by atoms with Gasteiger partial charge < -0.3 is 9.84 Å². The Morgan fingerprint density at radius 3 is 2.88 bits per heavy atom. The number of hydrogen-bond donors (Lipinski definition) is 1. The molecule has 1 N–H and O–H groups in total. The fourth-order valence-electron chi connectivity index (χ4n) is 2.11. The third-order valence-electron chi connectivity index (χ3n) is 2.95. The maximum atomic E-state index is 13.5. The van der Waals surface area contributed by atoms with E-state index in [0.29, 0.717) is 12.2 Å². The lowest BCUT2D eigenvalue weighted by atomic mass is 9.90. The second-order valence-electron chi connectivity index (χ2n) is 4.04. The molecule has 2 rings (SSSR count). The van der Waals surface area contributed by atoms with Crippen molar-refractivity contribution in [3.63, 3.8) is 0 Å². The summed E-state index contributed by atoms with van der Waals surface area (Å²) in [4.78, 5) is 0. The van der Waals surface area contributed by atoms with Crippen LogP contribution in [0.25, 0.3) is 0 Å². The molecule has 1 heterocycles. The molecule has 1 aromatic rings. The fraction of sp³-hybridized carbons (Fsp3) is 0.500. The Kier molecular flexibility index (Phi) is 3.51. The van der Waals surface area contributed by atoms with Crippen molar-refractivity contribution in [1.29, 1.82) is 0 Å². The molecule has 1 saturated heterocycles. The van der Waals surface area contributed by atoms with Gasteiger partial charge in [-0.3, -0.25) is 0 Å². The summed E-state index contributed by atoms with van der Waals surface area (Å²) in [6.07, 6.45) is 1.21. The van der Waals surface area contributed by atoms with Crippen molar-refractivity contribution in [2.75, 3.05) is 13.2 Å². The predicted molar refractivity (Wildman–Crippen MR) is 54.9 cm³/mol. The van der Waals surface area contributed by atoms with Crippen LogP contribution in [0, 0.1) is 17.6 Å². The second-order valence-corrected chi connectivity index (χ2v) is 4.04. The van der Waals surface area contributed by atoms with Gasteiger partial charge in [0.2, 0.25) is 0 Å². The molecule has 0 aromatic heterocycles. The maximum Gasteiger partial charge on any atom is 0.131 e. The van der Waals surface area contributed by atoms with E-state index in [2.05, 4.69) is 0 Å². The highest BCUT2D eigenvalue weighted by molar-refractivity contribution is 5.22. The minimum atomic E-state index is -0.606. The Balaban J connectivity index is 2.27. The van der Waals surface area contributed by atoms with Crippen LogP contribution in [-0.4, -0.2) is 18.3 Å². The molecule has 1 fully saturated rings. The van der Waals surface area contributed by atoms with E-state index in [1.807, 2.05) is 0 Å². The maximum absolute atomic E-state index is 13.5. The Morgan fingerprint density at radius 1 is 1.38 bits per heavy atom. The molecule has 0 aliphatic carbocycles. The number of hydrogen-bond acceptors (Lipinski definition) is 2. The summed E-state index contributed by atoms with van der Waals surface area (Å²) in [5.41, 5.74) is 0.333. The summed E-state index contributed by atoms with van der Waals surface area (Å²) in [5.74, 6) is -1.31. The quantitative estimate of drug-likeness (QED) is 0.842. The molecule has 4 heteroatoms.